The molecular formula is C20H21BrN4O3. The SMILES string of the molecule is CCCOC(=O)c1cc(Br)ccc1NC(=O)c1cc(C)nc2c1c(C)nn2C. The van der Waals surface area contributed by atoms with Crippen molar-refractivity contribution in [2.45, 2.75) is 27.2 Å². The molecule has 28 heavy (non-hydrogen) atoms. The Bertz CT molecular complexity index is 1070. The molecule has 1 N–H and O–H groups in total. The predicted molar refractivity (Wildman–Crippen MR) is 111 cm³/mol. The number of carbonyl (C=O) groups is 2. The molecular weight excluding hydrogens is 424 g/mol. The molecule has 0 aliphatic rings. The smallest absolute Gasteiger partial charge is 0.340 e. The molecule has 3 rings (SSSR count). The summed E-state index contributed by atoms with van der Waals surface area (Å²) in [5.41, 5.74) is 3.21. The van der Waals surface area contributed by atoms with E-state index in [2.05, 4.69) is 31.3 Å². The van der Waals surface area contributed by atoms with Crippen molar-refractivity contribution < 1.29 is 14.3 Å². The summed E-state index contributed by atoms with van der Waals surface area (Å²) < 4.78 is 7.61. The summed E-state index contributed by atoms with van der Waals surface area (Å²) in [6.45, 7) is 5.90. The van der Waals surface area contributed by atoms with E-state index in [1.807, 2.05) is 20.8 Å². The first kappa shape index (κ1) is 20.0. The number of hydrogen-bond acceptors (Lipinski definition) is 5. The lowest BCUT2D eigenvalue weighted by Gasteiger charge is -2.12. The number of ether oxygens (including phenoxy) is 1. The van der Waals surface area contributed by atoms with E-state index < -0.39 is 5.97 Å². The van der Waals surface area contributed by atoms with Gasteiger partial charge in [-0.1, -0.05) is 22.9 Å². The molecule has 1 aromatic carbocycles. The van der Waals surface area contributed by atoms with Crippen LogP contribution in [0.15, 0.2) is 28.7 Å². The van der Waals surface area contributed by atoms with Crippen LogP contribution in [0.2, 0.25) is 0 Å². The lowest BCUT2D eigenvalue weighted by molar-refractivity contribution is 0.0506. The van der Waals surface area contributed by atoms with Gasteiger partial charge in [-0.2, -0.15) is 5.10 Å². The topological polar surface area (TPSA) is 86.1 Å². The third-order valence-corrected chi connectivity index (χ3v) is 4.72. The summed E-state index contributed by atoms with van der Waals surface area (Å²) in [7, 11) is 1.79. The van der Waals surface area contributed by atoms with E-state index in [9.17, 15) is 9.59 Å². The van der Waals surface area contributed by atoms with Crippen molar-refractivity contribution >= 4 is 44.5 Å². The lowest BCUT2D eigenvalue weighted by Crippen LogP contribution is -2.17. The Morgan fingerprint density at radius 2 is 1.96 bits per heavy atom. The fraction of sp³-hybridized carbons (Fsp3) is 0.300. The van der Waals surface area contributed by atoms with E-state index in [4.69, 9.17) is 4.74 Å². The molecule has 0 radical (unpaired) electrons. The highest BCUT2D eigenvalue weighted by Crippen LogP contribution is 2.26. The number of nitrogens with one attached hydrogen (secondary N) is 1. The minimum absolute atomic E-state index is 0.293. The molecule has 0 spiro atoms. The minimum Gasteiger partial charge on any atom is -0.462 e. The number of pyridine rings is 1. The first-order valence-corrected chi connectivity index (χ1v) is 9.70. The van der Waals surface area contributed by atoms with Gasteiger partial charge in [0, 0.05) is 17.2 Å². The summed E-state index contributed by atoms with van der Waals surface area (Å²) in [5, 5.41) is 7.90. The van der Waals surface area contributed by atoms with Gasteiger partial charge in [-0.25, -0.2) is 9.78 Å². The van der Waals surface area contributed by atoms with Crippen molar-refractivity contribution in [3.05, 3.63) is 51.3 Å². The van der Waals surface area contributed by atoms with Crippen molar-refractivity contribution in [2.24, 2.45) is 7.05 Å². The van der Waals surface area contributed by atoms with Crippen LogP contribution in [0, 0.1) is 13.8 Å². The number of carbonyl (C=O) groups excluding carboxylic acids is 2. The average Bonchev–Trinajstić information content (AvgIpc) is 2.94. The predicted octanol–water partition coefficient (Wildman–Crippen LogP) is 4.17. The van der Waals surface area contributed by atoms with Gasteiger partial charge in [0.1, 0.15) is 0 Å². The first-order valence-electron chi connectivity index (χ1n) is 8.90. The normalized spacial score (nSPS) is 10.9. The highest BCUT2D eigenvalue weighted by molar-refractivity contribution is 9.10. The van der Waals surface area contributed by atoms with Crippen LogP contribution < -0.4 is 5.32 Å². The fourth-order valence-electron chi connectivity index (χ4n) is 3.01. The van der Waals surface area contributed by atoms with Crippen LogP contribution in [0.4, 0.5) is 5.69 Å². The van der Waals surface area contributed by atoms with Crippen LogP contribution in [0.1, 0.15) is 45.4 Å². The monoisotopic (exact) mass is 444 g/mol. The van der Waals surface area contributed by atoms with Gasteiger partial charge in [0.2, 0.25) is 0 Å². The molecule has 0 fully saturated rings. The number of anilines is 1. The van der Waals surface area contributed by atoms with E-state index in [1.165, 1.54) is 0 Å². The maximum Gasteiger partial charge on any atom is 0.340 e. The summed E-state index contributed by atoms with van der Waals surface area (Å²) in [4.78, 5) is 30.0. The molecule has 3 aromatic rings. The van der Waals surface area contributed by atoms with Crippen molar-refractivity contribution in [2.75, 3.05) is 11.9 Å². The molecule has 146 valence electrons. The molecule has 0 aliphatic heterocycles. The van der Waals surface area contributed by atoms with Gasteiger partial charge in [0.05, 0.1) is 34.5 Å². The van der Waals surface area contributed by atoms with Gasteiger partial charge < -0.3 is 10.1 Å². The molecule has 0 unspecified atom stereocenters. The van der Waals surface area contributed by atoms with E-state index in [0.717, 1.165) is 10.9 Å². The third-order valence-electron chi connectivity index (χ3n) is 4.23. The van der Waals surface area contributed by atoms with E-state index >= 15 is 0 Å². The summed E-state index contributed by atoms with van der Waals surface area (Å²) in [6, 6.07) is 6.79. The molecule has 8 heteroatoms. The van der Waals surface area contributed by atoms with Crippen LogP contribution in [0.3, 0.4) is 0 Å². The first-order chi connectivity index (χ1) is 13.3. The number of fused-ring (bicyclic) bond motifs is 1. The molecule has 2 heterocycles. The zero-order chi connectivity index (χ0) is 20.4. The largest absolute Gasteiger partial charge is 0.462 e. The van der Waals surface area contributed by atoms with Gasteiger partial charge in [-0.05, 0) is 44.5 Å². The second-order valence-corrected chi connectivity index (χ2v) is 7.41. The molecule has 2 aromatic heterocycles. The third kappa shape index (κ3) is 3.91. The number of nitrogens with zero attached hydrogens (tertiary/aromatic N) is 3. The van der Waals surface area contributed by atoms with Crippen molar-refractivity contribution in [1.82, 2.24) is 14.8 Å². The highest BCUT2D eigenvalue weighted by Gasteiger charge is 2.20. The minimum atomic E-state index is -0.480. The number of aryl methyl sites for hydroxylation is 3. The zero-order valence-electron chi connectivity index (χ0n) is 16.2. The summed E-state index contributed by atoms with van der Waals surface area (Å²) >= 11 is 3.36. The maximum atomic E-state index is 13.1. The van der Waals surface area contributed by atoms with Crippen LogP contribution in [0.5, 0.6) is 0 Å². The van der Waals surface area contributed by atoms with Crippen LogP contribution in [-0.4, -0.2) is 33.2 Å². The number of rotatable bonds is 5. The highest BCUT2D eigenvalue weighted by atomic mass is 79.9. The van der Waals surface area contributed by atoms with Crippen LogP contribution >= 0.6 is 15.9 Å². The molecule has 0 aliphatic carbocycles. The van der Waals surface area contributed by atoms with Crippen molar-refractivity contribution in [3.8, 4) is 0 Å². The number of hydrogen-bond donors (Lipinski definition) is 1. The van der Waals surface area contributed by atoms with Gasteiger partial charge in [-0.15, -0.1) is 0 Å². The molecule has 0 atom stereocenters. The Labute approximate surface area is 171 Å². The second kappa shape index (κ2) is 8.10. The zero-order valence-corrected chi connectivity index (χ0v) is 17.8. The number of amides is 1. The average molecular weight is 445 g/mol. The van der Waals surface area contributed by atoms with Gasteiger partial charge in [0.25, 0.3) is 5.91 Å². The molecule has 0 bridgehead atoms. The summed E-state index contributed by atoms with van der Waals surface area (Å²) in [6.07, 6.45) is 0.718. The quantitative estimate of drug-likeness (QED) is 0.596. The van der Waals surface area contributed by atoms with E-state index in [-0.39, 0.29) is 5.91 Å². The number of halogens is 1. The molecule has 0 saturated carbocycles. The van der Waals surface area contributed by atoms with Crippen molar-refractivity contribution in [1.29, 1.82) is 0 Å². The number of aromatic nitrogens is 3. The van der Waals surface area contributed by atoms with E-state index in [0.29, 0.717) is 45.8 Å². The Hall–Kier alpha value is -2.74. The Morgan fingerprint density at radius 1 is 1.21 bits per heavy atom. The van der Waals surface area contributed by atoms with Crippen molar-refractivity contribution in [3.63, 3.8) is 0 Å². The van der Waals surface area contributed by atoms with Crippen LogP contribution in [-0.2, 0) is 11.8 Å². The second-order valence-electron chi connectivity index (χ2n) is 6.50. The van der Waals surface area contributed by atoms with Gasteiger partial charge in [0.15, 0.2) is 5.65 Å². The van der Waals surface area contributed by atoms with Crippen LogP contribution in [0.25, 0.3) is 11.0 Å². The Kier molecular flexibility index (Phi) is 5.79. The molecule has 7 nitrogen and oxygen atoms in total. The van der Waals surface area contributed by atoms with E-state index in [1.54, 1.807) is 36.0 Å². The molecule has 1 amide bonds. The number of esters is 1. The summed E-state index contributed by atoms with van der Waals surface area (Å²) in [5.74, 6) is -0.814. The Morgan fingerprint density at radius 3 is 2.68 bits per heavy atom. The van der Waals surface area contributed by atoms with Gasteiger partial charge in [-0.3, -0.25) is 9.48 Å². The standard InChI is InChI=1S/C20H21BrN4O3/c1-5-8-28-20(27)14-10-13(21)6-7-16(14)23-19(26)15-9-11(2)22-18-17(15)12(3)24-25(18)4/h6-7,9-10H,5,8H2,1-4H3,(H,23,26). The molecule has 0 saturated heterocycles. The fourth-order valence-corrected chi connectivity index (χ4v) is 3.37. The maximum absolute atomic E-state index is 13.1. The lowest BCUT2D eigenvalue weighted by atomic mass is 10.1. The number of benzene rings is 1. The van der Waals surface area contributed by atoms with Gasteiger partial charge >= 0.3 is 5.97 Å². The Balaban J connectivity index is 2.01.